The van der Waals surface area contributed by atoms with Crippen molar-refractivity contribution in [2.45, 2.75) is 219 Å². The van der Waals surface area contributed by atoms with Gasteiger partial charge in [0.05, 0.1) is 0 Å². The molecule has 0 aromatic rings. The number of aliphatic hydroxyl groups is 1. The predicted molar refractivity (Wildman–Crippen MR) is 192 cm³/mol. The molecule has 0 rings (SSSR count). The molecule has 0 saturated heterocycles. The molecular weight excluding hydrogens is 542 g/mol. The van der Waals surface area contributed by atoms with Gasteiger partial charge in [-0.25, -0.2) is 0 Å². The monoisotopic (exact) mass is 618 g/mol. The van der Waals surface area contributed by atoms with Gasteiger partial charge in [-0.15, -0.1) is 0 Å². The van der Waals surface area contributed by atoms with Gasteiger partial charge in [0.25, 0.3) is 0 Å². The summed E-state index contributed by atoms with van der Waals surface area (Å²) in [4.78, 5) is 26.3. The van der Waals surface area contributed by atoms with E-state index in [1.807, 2.05) is 0 Å². The van der Waals surface area contributed by atoms with Crippen LogP contribution >= 0.6 is 0 Å². The number of carbonyl (C=O) groups is 2. The second-order valence-corrected chi connectivity index (χ2v) is 13.5. The molecule has 0 aromatic heterocycles. The third-order valence-electron chi connectivity index (χ3n) is 8.94. The average molecular weight is 618 g/mol. The van der Waals surface area contributed by atoms with Crippen molar-refractivity contribution in [3.63, 3.8) is 0 Å². The van der Waals surface area contributed by atoms with Crippen molar-refractivity contribution < 1.29 is 14.7 Å². The SMILES string of the molecule is CCCCCCCC/C=C\CCCCCCCC(=O)C(C)(NC(C)O)C(=O)CCCCCCC/C=C\CCCCCCCC. The minimum Gasteiger partial charge on any atom is -0.379 e. The largest absolute Gasteiger partial charge is 0.379 e. The van der Waals surface area contributed by atoms with Crippen molar-refractivity contribution in [3.8, 4) is 0 Å². The number of ketones is 2. The van der Waals surface area contributed by atoms with Crippen molar-refractivity contribution in [2.24, 2.45) is 0 Å². The molecule has 0 fully saturated rings. The predicted octanol–water partition coefficient (Wildman–Crippen LogP) is 11.9. The molecule has 1 atom stereocenters. The number of hydrogen-bond donors (Lipinski definition) is 2. The standard InChI is InChI=1S/C40H75NO3/c1-5-7-9-11-13-15-17-19-21-23-25-27-29-31-33-35-38(43)40(4,41-37(3)42)39(44)36-34-32-30-28-26-24-22-20-18-16-14-12-10-8-6-2/h19-22,37,41-42H,5-18,23-36H2,1-4H3/b21-19-,22-20-. The normalized spacial score (nSPS) is 12.9. The van der Waals surface area contributed by atoms with Crippen molar-refractivity contribution in [3.05, 3.63) is 24.3 Å². The molecule has 2 N–H and O–H groups in total. The topological polar surface area (TPSA) is 66.4 Å². The van der Waals surface area contributed by atoms with Gasteiger partial charge in [-0.3, -0.25) is 14.9 Å². The third kappa shape index (κ3) is 26.0. The highest BCUT2D eigenvalue weighted by molar-refractivity contribution is 6.11. The zero-order valence-electron chi connectivity index (χ0n) is 29.9. The first kappa shape index (κ1) is 42.7. The van der Waals surface area contributed by atoms with Crippen LogP contribution in [0.15, 0.2) is 24.3 Å². The Morgan fingerprint density at radius 3 is 1.09 bits per heavy atom. The molecule has 0 aliphatic heterocycles. The van der Waals surface area contributed by atoms with Crippen molar-refractivity contribution in [2.75, 3.05) is 0 Å². The average Bonchev–Trinajstić information content (AvgIpc) is 3.00. The van der Waals surface area contributed by atoms with E-state index >= 15 is 0 Å². The van der Waals surface area contributed by atoms with Gasteiger partial charge in [0, 0.05) is 12.8 Å². The molecule has 0 saturated carbocycles. The van der Waals surface area contributed by atoms with E-state index < -0.39 is 11.8 Å². The zero-order chi connectivity index (χ0) is 32.6. The highest BCUT2D eigenvalue weighted by Gasteiger charge is 2.39. The van der Waals surface area contributed by atoms with Gasteiger partial charge < -0.3 is 5.11 Å². The molecule has 4 heteroatoms. The number of nitrogens with one attached hydrogen (secondary N) is 1. The molecule has 4 nitrogen and oxygen atoms in total. The number of unbranched alkanes of at least 4 members (excludes halogenated alkanes) is 22. The van der Waals surface area contributed by atoms with Crippen LogP contribution in [0.5, 0.6) is 0 Å². The third-order valence-corrected chi connectivity index (χ3v) is 8.94. The number of carbonyl (C=O) groups excluding carboxylic acids is 2. The lowest BCUT2D eigenvalue weighted by atomic mass is 9.85. The van der Waals surface area contributed by atoms with E-state index in [0.717, 1.165) is 51.4 Å². The summed E-state index contributed by atoms with van der Waals surface area (Å²) in [7, 11) is 0. The second kappa shape index (κ2) is 31.7. The molecule has 1 unspecified atom stereocenters. The number of Topliss-reactive ketones (excluding diaryl/α,β-unsaturated/α-hetero) is 2. The van der Waals surface area contributed by atoms with E-state index in [-0.39, 0.29) is 11.6 Å². The first-order chi connectivity index (χ1) is 21.4. The van der Waals surface area contributed by atoms with E-state index in [0.29, 0.717) is 12.8 Å². The minimum absolute atomic E-state index is 0.0752. The summed E-state index contributed by atoms with van der Waals surface area (Å²) in [5.74, 6) is -0.150. The molecular formula is C40H75NO3. The summed E-state index contributed by atoms with van der Waals surface area (Å²) < 4.78 is 0. The van der Waals surface area contributed by atoms with Gasteiger partial charge in [0.1, 0.15) is 11.8 Å². The van der Waals surface area contributed by atoms with Crippen LogP contribution < -0.4 is 5.32 Å². The fourth-order valence-corrected chi connectivity index (χ4v) is 5.95. The van der Waals surface area contributed by atoms with Crippen LogP contribution in [0, 0.1) is 0 Å². The lowest BCUT2D eigenvalue weighted by Crippen LogP contribution is -2.58. The van der Waals surface area contributed by atoms with Gasteiger partial charge in [0.2, 0.25) is 0 Å². The molecule has 0 amide bonds. The van der Waals surface area contributed by atoms with Gasteiger partial charge in [0.15, 0.2) is 11.6 Å². The number of aliphatic hydroxyl groups excluding tert-OH is 1. The zero-order valence-corrected chi connectivity index (χ0v) is 29.9. The molecule has 44 heavy (non-hydrogen) atoms. The second-order valence-electron chi connectivity index (χ2n) is 13.5. The van der Waals surface area contributed by atoms with Gasteiger partial charge >= 0.3 is 0 Å². The van der Waals surface area contributed by atoms with Crippen LogP contribution in [-0.2, 0) is 9.59 Å². The van der Waals surface area contributed by atoms with Crippen LogP contribution in [0.1, 0.15) is 207 Å². The molecule has 0 radical (unpaired) electrons. The number of hydrogen-bond acceptors (Lipinski definition) is 4. The van der Waals surface area contributed by atoms with Gasteiger partial charge in [-0.1, -0.05) is 141 Å². The van der Waals surface area contributed by atoms with E-state index in [1.54, 1.807) is 13.8 Å². The van der Waals surface area contributed by atoms with Gasteiger partial charge in [-0.2, -0.15) is 0 Å². The smallest absolute Gasteiger partial charge is 0.160 e. The quantitative estimate of drug-likeness (QED) is 0.0326. The highest BCUT2D eigenvalue weighted by Crippen LogP contribution is 2.19. The molecule has 0 heterocycles. The van der Waals surface area contributed by atoms with E-state index in [2.05, 4.69) is 43.5 Å². The minimum atomic E-state index is -1.28. The first-order valence-electron chi connectivity index (χ1n) is 19.2. The Morgan fingerprint density at radius 2 is 0.795 bits per heavy atom. The Bertz CT molecular complexity index is 659. The molecule has 0 aliphatic rings. The Labute approximate surface area is 274 Å². The number of rotatable bonds is 34. The molecule has 258 valence electrons. The molecule has 0 bridgehead atoms. The summed E-state index contributed by atoms with van der Waals surface area (Å²) >= 11 is 0. The van der Waals surface area contributed by atoms with E-state index in [4.69, 9.17) is 0 Å². The van der Waals surface area contributed by atoms with Crippen molar-refractivity contribution in [1.82, 2.24) is 5.32 Å². The van der Waals surface area contributed by atoms with E-state index in [9.17, 15) is 14.7 Å². The summed E-state index contributed by atoms with van der Waals surface area (Å²) in [6.45, 7) is 7.79. The van der Waals surface area contributed by atoms with Crippen LogP contribution in [0.4, 0.5) is 0 Å². The highest BCUT2D eigenvalue weighted by atomic mass is 16.3. The van der Waals surface area contributed by atoms with Crippen LogP contribution in [0.25, 0.3) is 0 Å². The molecule has 0 aromatic carbocycles. The lowest BCUT2D eigenvalue weighted by Gasteiger charge is -2.30. The van der Waals surface area contributed by atoms with Crippen molar-refractivity contribution in [1.29, 1.82) is 0 Å². The molecule has 0 aliphatic carbocycles. The fraction of sp³-hybridized carbons (Fsp3) is 0.850. The molecule has 0 spiro atoms. The van der Waals surface area contributed by atoms with Gasteiger partial charge in [-0.05, 0) is 78.1 Å². The summed E-state index contributed by atoms with van der Waals surface area (Å²) in [5, 5.41) is 12.9. The fourth-order valence-electron chi connectivity index (χ4n) is 5.95. The van der Waals surface area contributed by atoms with Crippen LogP contribution in [-0.4, -0.2) is 28.4 Å². The summed E-state index contributed by atoms with van der Waals surface area (Å²) in [6, 6.07) is 0. The van der Waals surface area contributed by atoms with Crippen molar-refractivity contribution >= 4 is 11.6 Å². The van der Waals surface area contributed by atoms with Crippen LogP contribution in [0.2, 0.25) is 0 Å². The Kier molecular flexibility index (Phi) is 30.8. The Balaban J connectivity index is 4.00. The summed E-state index contributed by atoms with van der Waals surface area (Å²) in [5.41, 5.74) is -1.28. The maximum absolute atomic E-state index is 13.1. The first-order valence-corrected chi connectivity index (χ1v) is 19.2. The Hall–Kier alpha value is -1.26. The summed E-state index contributed by atoms with van der Waals surface area (Å²) in [6.07, 6.45) is 40.9. The Morgan fingerprint density at radius 1 is 0.523 bits per heavy atom. The number of allylic oxidation sites excluding steroid dienone is 4. The maximum Gasteiger partial charge on any atom is 0.160 e. The lowest BCUT2D eigenvalue weighted by molar-refractivity contribution is -0.137. The van der Waals surface area contributed by atoms with Crippen LogP contribution in [0.3, 0.4) is 0 Å². The maximum atomic E-state index is 13.1. The van der Waals surface area contributed by atoms with E-state index in [1.165, 1.54) is 116 Å².